The normalized spacial score (nSPS) is 34.9. The van der Waals surface area contributed by atoms with E-state index in [2.05, 4.69) is 31.3 Å². The van der Waals surface area contributed by atoms with Crippen LogP contribution in [-0.4, -0.2) is 193 Å². The summed E-state index contributed by atoms with van der Waals surface area (Å²) >= 11 is 0. The first-order chi connectivity index (χ1) is 30.3. The van der Waals surface area contributed by atoms with Gasteiger partial charge < -0.3 is 89.9 Å². The molecule has 0 aliphatic carbocycles. The Morgan fingerprint density at radius 2 is 1.00 bits per heavy atom. The summed E-state index contributed by atoms with van der Waals surface area (Å²) in [5.74, 6) is -0.261. The van der Waals surface area contributed by atoms with Crippen LogP contribution in [0.25, 0.3) is 0 Å². The number of aliphatic hydroxyl groups is 11. The van der Waals surface area contributed by atoms with Gasteiger partial charge in [0.15, 0.2) is 18.9 Å². The molecule has 63 heavy (non-hydrogen) atoms. The van der Waals surface area contributed by atoms with Crippen LogP contribution in [-0.2, 0) is 33.2 Å². The Bertz CT molecular complexity index is 1230. The first-order valence-electron chi connectivity index (χ1n) is 23.4. The molecule has 0 spiro atoms. The predicted molar refractivity (Wildman–Crippen MR) is 227 cm³/mol. The number of ether oxygens (including phenoxy) is 6. The van der Waals surface area contributed by atoms with E-state index in [9.17, 15) is 61.0 Å². The van der Waals surface area contributed by atoms with Gasteiger partial charge in [0.05, 0.1) is 38.6 Å². The summed E-state index contributed by atoms with van der Waals surface area (Å²) in [7, 11) is 0. The molecule has 3 rings (SSSR count). The summed E-state index contributed by atoms with van der Waals surface area (Å²) in [6, 6.07) is -0.882. The number of rotatable bonds is 31. The van der Waals surface area contributed by atoms with E-state index >= 15 is 0 Å². The summed E-state index contributed by atoms with van der Waals surface area (Å²) < 4.78 is 34.0. The largest absolute Gasteiger partial charge is 0.394 e. The fraction of sp³-hybridized carbons (Fsp3) is 0.932. The maximum Gasteiger partial charge on any atom is 0.220 e. The predicted octanol–water partition coefficient (Wildman–Crippen LogP) is -0.0852. The molecule has 0 aromatic carbocycles. The second-order valence-electron chi connectivity index (χ2n) is 17.2. The van der Waals surface area contributed by atoms with Gasteiger partial charge in [-0.25, -0.2) is 0 Å². The number of unbranched alkanes of at least 4 members (excludes halogenated alkanes) is 13. The molecule has 3 fully saturated rings. The van der Waals surface area contributed by atoms with Crippen LogP contribution < -0.4 is 5.32 Å². The zero-order valence-corrected chi connectivity index (χ0v) is 37.3. The number of carbonyl (C=O) groups excluding carboxylic acids is 1. The summed E-state index contributed by atoms with van der Waals surface area (Å²) in [6.07, 6.45) is -4.72. The summed E-state index contributed by atoms with van der Waals surface area (Å²) in [6.45, 7) is 1.62. The first kappa shape index (κ1) is 55.9. The van der Waals surface area contributed by atoms with Gasteiger partial charge in [-0.3, -0.25) is 4.79 Å². The van der Waals surface area contributed by atoms with Gasteiger partial charge in [0, 0.05) is 6.42 Å². The summed E-state index contributed by atoms with van der Waals surface area (Å²) in [4.78, 5) is 13.1. The van der Waals surface area contributed by atoms with Crippen molar-refractivity contribution in [1.82, 2.24) is 5.32 Å². The zero-order chi connectivity index (χ0) is 46.3. The third-order valence-corrected chi connectivity index (χ3v) is 12.1. The van der Waals surface area contributed by atoms with Gasteiger partial charge in [-0.15, -0.1) is 0 Å². The van der Waals surface area contributed by atoms with Gasteiger partial charge >= 0.3 is 0 Å². The Hall–Kier alpha value is -1.47. The lowest BCUT2D eigenvalue weighted by atomic mass is 9.96. The van der Waals surface area contributed by atoms with Crippen LogP contribution >= 0.6 is 0 Å². The Morgan fingerprint density at radius 3 is 1.57 bits per heavy atom. The average molecular weight is 912 g/mol. The Balaban J connectivity index is 1.57. The lowest BCUT2D eigenvalue weighted by Crippen LogP contribution is -2.66. The number of allylic oxidation sites excluding steroid dienone is 2. The SMILES string of the molecule is CCCCC/C=C\CCCCCCCC(=O)NC(COC1OC(CO)C(OC2OC(CO)C(OC3OC(CO)C(O)C(O)C3O)C(O)C2O)C(O)C1O)C(O)CCCCCCCC. The fourth-order valence-electron chi connectivity index (χ4n) is 8.07. The molecule has 0 saturated carbocycles. The standard InChI is InChI=1S/C44H81NO18/c1-3-5-7-9-11-12-13-14-15-16-18-20-22-32(50)45-27(28(49)21-19-17-10-8-6-4-2)26-58-42-38(56)35(53)40(30(24-47)60-42)63-44-39(57)36(54)41(31(25-48)61-44)62-43-37(55)34(52)33(51)29(23-46)59-43/h11-12,27-31,33-44,46-49,51-57H,3-10,13-26H2,1-2H3,(H,45,50)/b12-11-. The number of carbonyl (C=O) groups is 1. The van der Waals surface area contributed by atoms with E-state index in [1.165, 1.54) is 19.3 Å². The molecule has 19 nitrogen and oxygen atoms in total. The number of amides is 1. The second kappa shape index (κ2) is 30.7. The molecule has 1 amide bonds. The molecule has 19 heteroatoms. The highest BCUT2D eigenvalue weighted by Gasteiger charge is 2.53. The molecule has 0 bridgehead atoms. The molecule has 3 saturated heterocycles. The molecule has 0 aromatic rings. The Labute approximate surface area is 372 Å². The lowest BCUT2D eigenvalue weighted by Gasteiger charge is -2.48. The van der Waals surface area contributed by atoms with Crippen molar-refractivity contribution in [2.75, 3.05) is 26.4 Å². The quantitative estimate of drug-likeness (QED) is 0.0320. The molecule has 0 aromatic heterocycles. The zero-order valence-electron chi connectivity index (χ0n) is 37.3. The molecule has 3 aliphatic heterocycles. The van der Waals surface area contributed by atoms with Gasteiger partial charge in [-0.05, 0) is 38.5 Å². The van der Waals surface area contributed by atoms with E-state index in [4.69, 9.17) is 28.4 Å². The van der Waals surface area contributed by atoms with E-state index in [-0.39, 0.29) is 18.9 Å². The molecule has 0 radical (unpaired) electrons. The molecule has 12 N–H and O–H groups in total. The molecule has 17 unspecified atom stereocenters. The molecule has 17 atom stereocenters. The van der Waals surface area contributed by atoms with Crippen molar-refractivity contribution in [3.05, 3.63) is 12.2 Å². The van der Waals surface area contributed by atoms with Crippen molar-refractivity contribution < 1.29 is 89.4 Å². The van der Waals surface area contributed by atoms with Gasteiger partial charge in [-0.1, -0.05) is 96.6 Å². The van der Waals surface area contributed by atoms with Crippen molar-refractivity contribution in [1.29, 1.82) is 0 Å². The lowest BCUT2D eigenvalue weighted by molar-refractivity contribution is -0.379. The van der Waals surface area contributed by atoms with Crippen LogP contribution in [0.15, 0.2) is 12.2 Å². The summed E-state index contributed by atoms with van der Waals surface area (Å²) in [5.41, 5.74) is 0. The van der Waals surface area contributed by atoms with E-state index in [1.54, 1.807) is 0 Å². The number of aliphatic hydroxyl groups excluding tert-OH is 11. The highest BCUT2D eigenvalue weighted by molar-refractivity contribution is 5.76. The van der Waals surface area contributed by atoms with Crippen LogP contribution in [0.1, 0.15) is 129 Å². The van der Waals surface area contributed by atoms with Crippen LogP contribution in [0.5, 0.6) is 0 Å². The van der Waals surface area contributed by atoms with Gasteiger partial charge in [0.1, 0.15) is 73.2 Å². The molecular formula is C44H81NO18. The molecule has 3 heterocycles. The number of hydrogen-bond acceptors (Lipinski definition) is 18. The minimum absolute atomic E-state index is 0.256. The van der Waals surface area contributed by atoms with E-state index in [0.29, 0.717) is 12.8 Å². The molecular weight excluding hydrogens is 830 g/mol. The highest BCUT2D eigenvalue weighted by Crippen LogP contribution is 2.33. The highest BCUT2D eigenvalue weighted by atomic mass is 16.8. The van der Waals surface area contributed by atoms with Crippen molar-refractivity contribution in [3.8, 4) is 0 Å². The van der Waals surface area contributed by atoms with Crippen LogP contribution in [0, 0.1) is 0 Å². The van der Waals surface area contributed by atoms with E-state index < -0.39 is 124 Å². The first-order valence-corrected chi connectivity index (χ1v) is 23.4. The minimum Gasteiger partial charge on any atom is -0.394 e. The average Bonchev–Trinajstić information content (AvgIpc) is 3.28. The van der Waals surface area contributed by atoms with Gasteiger partial charge in [-0.2, -0.15) is 0 Å². The monoisotopic (exact) mass is 912 g/mol. The fourth-order valence-corrected chi connectivity index (χ4v) is 8.07. The van der Waals surface area contributed by atoms with Crippen molar-refractivity contribution in [2.24, 2.45) is 0 Å². The maximum atomic E-state index is 13.1. The van der Waals surface area contributed by atoms with Gasteiger partial charge in [0.2, 0.25) is 5.91 Å². The number of hydrogen-bond donors (Lipinski definition) is 12. The van der Waals surface area contributed by atoms with E-state index in [0.717, 1.165) is 77.0 Å². The third kappa shape index (κ3) is 17.9. The molecule has 3 aliphatic rings. The molecule has 370 valence electrons. The minimum atomic E-state index is -1.97. The van der Waals surface area contributed by atoms with Crippen LogP contribution in [0.3, 0.4) is 0 Å². The Morgan fingerprint density at radius 1 is 0.556 bits per heavy atom. The Kier molecular flexibility index (Phi) is 27.3. The van der Waals surface area contributed by atoms with Crippen molar-refractivity contribution in [2.45, 2.75) is 234 Å². The maximum absolute atomic E-state index is 13.1. The van der Waals surface area contributed by atoms with Crippen LogP contribution in [0.4, 0.5) is 0 Å². The second-order valence-corrected chi connectivity index (χ2v) is 17.2. The van der Waals surface area contributed by atoms with Crippen molar-refractivity contribution >= 4 is 5.91 Å². The number of nitrogens with one attached hydrogen (secondary N) is 1. The third-order valence-electron chi connectivity index (χ3n) is 12.1. The van der Waals surface area contributed by atoms with Crippen LogP contribution in [0.2, 0.25) is 0 Å². The van der Waals surface area contributed by atoms with Crippen molar-refractivity contribution in [3.63, 3.8) is 0 Å². The smallest absolute Gasteiger partial charge is 0.220 e. The van der Waals surface area contributed by atoms with Gasteiger partial charge in [0.25, 0.3) is 0 Å². The topological polar surface area (TPSA) is 307 Å². The summed E-state index contributed by atoms with van der Waals surface area (Å²) in [5, 5.41) is 119. The van der Waals surface area contributed by atoms with E-state index in [1.807, 2.05) is 0 Å².